The van der Waals surface area contributed by atoms with E-state index in [4.69, 9.17) is 5.73 Å². The Bertz CT molecular complexity index is 537. The SMILES string of the molecule is Cc1cnccc1CNC(=O)c1nonc1N. The molecule has 1 amide bonds. The highest BCUT2D eigenvalue weighted by atomic mass is 16.6. The smallest absolute Gasteiger partial charge is 0.277 e. The molecule has 7 nitrogen and oxygen atoms in total. The van der Waals surface area contributed by atoms with Crippen LogP contribution in [0.3, 0.4) is 0 Å². The molecule has 0 saturated carbocycles. The predicted molar refractivity (Wildman–Crippen MR) is 58.9 cm³/mol. The summed E-state index contributed by atoms with van der Waals surface area (Å²) < 4.78 is 4.35. The number of aryl methyl sites for hydroxylation is 1. The highest BCUT2D eigenvalue weighted by Crippen LogP contribution is 2.06. The van der Waals surface area contributed by atoms with Crippen LogP contribution in [0.5, 0.6) is 0 Å². The van der Waals surface area contributed by atoms with Crippen molar-refractivity contribution >= 4 is 11.7 Å². The molecule has 0 spiro atoms. The Kier molecular flexibility index (Phi) is 2.99. The summed E-state index contributed by atoms with van der Waals surface area (Å²) in [5, 5.41) is 9.42. The number of carbonyl (C=O) groups is 1. The van der Waals surface area contributed by atoms with Gasteiger partial charge >= 0.3 is 0 Å². The first kappa shape index (κ1) is 11.1. The van der Waals surface area contributed by atoms with Crippen molar-refractivity contribution in [1.29, 1.82) is 0 Å². The van der Waals surface area contributed by atoms with Crippen LogP contribution in [-0.4, -0.2) is 21.2 Å². The third-order valence-corrected chi connectivity index (χ3v) is 2.30. The predicted octanol–water partition coefficient (Wildman–Crippen LogP) is 0.285. The number of hydrogen-bond acceptors (Lipinski definition) is 6. The van der Waals surface area contributed by atoms with Crippen LogP contribution < -0.4 is 11.1 Å². The van der Waals surface area contributed by atoms with E-state index in [0.29, 0.717) is 6.54 Å². The minimum Gasteiger partial charge on any atom is -0.379 e. The van der Waals surface area contributed by atoms with Gasteiger partial charge in [0, 0.05) is 18.9 Å². The largest absolute Gasteiger partial charge is 0.379 e. The monoisotopic (exact) mass is 233 g/mol. The van der Waals surface area contributed by atoms with Crippen molar-refractivity contribution in [3.05, 3.63) is 35.3 Å². The summed E-state index contributed by atoms with van der Waals surface area (Å²) in [5.74, 6) is -0.436. The second-order valence-electron chi connectivity index (χ2n) is 3.48. The molecule has 3 N–H and O–H groups in total. The van der Waals surface area contributed by atoms with Gasteiger partial charge in [-0.25, -0.2) is 4.63 Å². The van der Waals surface area contributed by atoms with Crippen LogP contribution in [0.15, 0.2) is 23.1 Å². The maximum absolute atomic E-state index is 11.6. The Morgan fingerprint density at radius 2 is 2.35 bits per heavy atom. The molecule has 2 aromatic heterocycles. The van der Waals surface area contributed by atoms with Gasteiger partial charge in [-0.2, -0.15) is 0 Å². The van der Waals surface area contributed by atoms with E-state index >= 15 is 0 Å². The molecule has 0 unspecified atom stereocenters. The fraction of sp³-hybridized carbons (Fsp3) is 0.200. The van der Waals surface area contributed by atoms with Gasteiger partial charge < -0.3 is 11.1 Å². The van der Waals surface area contributed by atoms with Crippen LogP contribution in [0, 0.1) is 6.92 Å². The molecule has 0 radical (unpaired) electrons. The molecule has 2 aromatic rings. The zero-order chi connectivity index (χ0) is 12.3. The molecule has 7 heteroatoms. The van der Waals surface area contributed by atoms with Crippen LogP contribution in [0.2, 0.25) is 0 Å². The number of carbonyl (C=O) groups excluding carboxylic acids is 1. The van der Waals surface area contributed by atoms with Gasteiger partial charge in [0.2, 0.25) is 11.5 Å². The first-order valence-corrected chi connectivity index (χ1v) is 4.94. The number of pyridine rings is 1. The number of amides is 1. The van der Waals surface area contributed by atoms with E-state index in [1.807, 2.05) is 13.0 Å². The Morgan fingerprint density at radius 3 is 3.00 bits per heavy atom. The standard InChI is InChI=1S/C10H11N5O2/c1-6-4-12-3-2-7(6)5-13-10(16)8-9(11)15-17-14-8/h2-4H,5H2,1H3,(H2,11,15)(H,13,16). The van der Waals surface area contributed by atoms with Gasteiger partial charge in [0.05, 0.1) is 0 Å². The molecule has 88 valence electrons. The summed E-state index contributed by atoms with van der Waals surface area (Å²) in [6.45, 7) is 2.29. The normalized spacial score (nSPS) is 10.2. The van der Waals surface area contributed by atoms with Crippen LogP contribution >= 0.6 is 0 Å². The second kappa shape index (κ2) is 4.60. The van der Waals surface area contributed by atoms with Crippen LogP contribution in [0.4, 0.5) is 5.82 Å². The number of nitrogens with zero attached hydrogens (tertiary/aromatic N) is 3. The molecule has 0 saturated heterocycles. The molecule has 0 atom stereocenters. The molecular formula is C10H11N5O2. The van der Waals surface area contributed by atoms with Crippen molar-refractivity contribution in [2.45, 2.75) is 13.5 Å². The molecular weight excluding hydrogens is 222 g/mol. The molecule has 0 bridgehead atoms. The van der Waals surface area contributed by atoms with Gasteiger partial charge in [0.1, 0.15) is 0 Å². The number of rotatable bonds is 3. The fourth-order valence-corrected chi connectivity index (χ4v) is 1.31. The van der Waals surface area contributed by atoms with Gasteiger partial charge in [-0.3, -0.25) is 9.78 Å². The Labute approximate surface area is 97.0 Å². The molecule has 2 heterocycles. The van der Waals surface area contributed by atoms with Crippen molar-refractivity contribution < 1.29 is 9.42 Å². The lowest BCUT2D eigenvalue weighted by Crippen LogP contribution is -2.24. The van der Waals surface area contributed by atoms with Gasteiger partial charge in [-0.1, -0.05) is 0 Å². The lowest BCUT2D eigenvalue weighted by Gasteiger charge is -2.05. The van der Waals surface area contributed by atoms with Gasteiger partial charge in [0.25, 0.3) is 5.91 Å². The first-order valence-electron chi connectivity index (χ1n) is 4.94. The maximum Gasteiger partial charge on any atom is 0.277 e. The first-order chi connectivity index (χ1) is 8.18. The highest BCUT2D eigenvalue weighted by Gasteiger charge is 2.15. The number of anilines is 1. The maximum atomic E-state index is 11.6. The van der Waals surface area contributed by atoms with Gasteiger partial charge in [-0.05, 0) is 34.4 Å². The Morgan fingerprint density at radius 1 is 1.53 bits per heavy atom. The topological polar surface area (TPSA) is 107 Å². The molecule has 0 fully saturated rings. The van der Waals surface area contributed by atoms with Gasteiger partial charge in [-0.15, -0.1) is 0 Å². The number of nitrogen functional groups attached to an aromatic ring is 1. The fourth-order valence-electron chi connectivity index (χ4n) is 1.31. The third kappa shape index (κ3) is 2.39. The summed E-state index contributed by atoms with van der Waals surface area (Å²) in [4.78, 5) is 15.6. The summed E-state index contributed by atoms with van der Waals surface area (Å²) in [6, 6.07) is 1.83. The van der Waals surface area contributed by atoms with E-state index in [-0.39, 0.29) is 11.5 Å². The number of nitrogens with two attached hydrogens (primary N) is 1. The number of aromatic nitrogens is 3. The molecule has 0 aromatic carbocycles. The van der Waals surface area contributed by atoms with E-state index in [0.717, 1.165) is 11.1 Å². The highest BCUT2D eigenvalue weighted by molar-refractivity contribution is 5.95. The second-order valence-corrected chi connectivity index (χ2v) is 3.48. The summed E-state index contributed by atoms with van der Waals surface area (Å²) >= 11 is 0. The molecule has 0 aliphatic heterocycles. The number of hydrogen-bond donors (Lipinski definition) is 2. The van der Waals surface area contributed by atoms with E-state index in [2.05, 4.69) is 25.2 Å². The Hall–Kier alpha value is -2.44. The van der Waals surface area contributed by atoms with E-state index in [9.17, 15) is 4.79 Å². The van der Waals surface area contributed by atoms with E-state index < -0.39 is 5.91 Å². The third-order valence-electron chi connectivity index (χ3n) is 2.30. The van der Waals surface area contributed by atoms with E-state index in [1.165, 1.54) is 0 Å². The molecule has 2 rings (SSSR count). The minimum absolute atomic E-state index is 0.00305. The lowest BCUT2D eigenvalue weighted by molar-refractivity contribution is 0.0941. The van der Waals surface area contributed by atoms with Crippen molar-refractivity contribution in [2.24, 2.45) is 0 Å². The summed E-state index contributed by atoms with van der Waals surface area (Å²) in [6.07, 6.45) is 3.40. The summed E-state index contributed by atoms with van der Waals surface area (Å²) in [5.41, 5.74) is 7.37. The van der Waals surface area contributed by atoms with Crippen LogP contribution in [0.1, 0.15) is 21.6 Å². The summed E-state index contributed by atoms with van der Waals surface area (Å²) in [7, 11) is 0. The molecule has 17 heavy (non-hydrogen) atoms. The van der Waals surface area contributed by atoms with Crippen LogP contribution in [-0.2, 0) is 6.54 Å². The van der Waals surface area contributed by atoms with Gasteiger partial charge in [0.15, 0.2) is 0 Å². The average Bonchev–Trinajstić information content (AvgIpc) is 2.74. The van der Waals surface area contributed by atoms with E-state index in [1.54, 1.807) is 12.4 Å². The average molecular weight is 233 g/mol. The lowest BCUT2D eigenvalue weighted by atomic mass is 10.1. The minimum atomic E-state index is -0.417. The van der Waals surface area contributed by atoms with Crippen molar-refractivity contribution in [1.82, 2.24) is 20.6 Å². The quantitative estimate of drug-likeness (QED) is 0.788. The number of nitrogens with one attached hydrogen (secondary N) is 1. The van der Waals surface area contributed by atoms with Crippen LogP contribution in [0.25, 0.3) is 0 Å². The Balaban J connectivity index is 2.02. The molecule has 0 aliphatic rings. The van der Waals surface area contributed by atoms with Crippen molar-refractivity contribution in [3.63, 3.8) is 0 Å². The molecule has 0 aliphatic carbocycles. The van der Waals surface area contributed by atoms with Crippen molar-refractivity contribution in [3.8, 4) is 0 Å². The zero-order valence-corrected chi connectivity index (χ0v) is 9.17. The zero-order valence-electron chi connectivity index (χ0n) is 9.17. The van der Waals surface area contributed by atoms with Crippen molar-refractivity contribution in [2.75, 3.05) is 5.73 Å².